The molecule has 0 bridgehead atoms. The number of aliphatic hydroxyl groups excluding tert-OH is 1. The minimum absolute atomic E-state index is 0.0161. The highest BCUT2D eigenvalue weighted by Gasteiger charge is 2.44. The SMILES string of the molecule is CCOC(=O)C(C)Cc1noc2ccc(S(=O)(=O)N(CC(C)C)C[C@@H](O)[C@H](Cc3ccccc3)NC(=O)O[C@H]3CO[C@H]4OCC[C@H]43)cc12. The smallest absolute Gasteiger partial charge is 0.407 e. The number of carbonyl (C=O) groups excluding carboxylic acids is 2. The molecule has 2 aromatic carbocycles. The zero-order chi connectivity index (χ0) is 34.4. The Balaban J connectivity index is 1.36. The summed E-state index contributed by atoms with van der Waals surface area (Å²) >= 11 is 0. The Labute approximate surface area is 280 Å². The van der Waals surface area contributed by atoms with Gasteiger partial charge in [0.15, 0.2) is 11.9 Å². The molecule has 3 aromatic rings. The number of fused-ring (bicyclic) bond motifs is 2. The van der Waals surface area contributed by atoms with E-state index in [2.05, 4.69) is 10.5 Å². The molecule has 2 saturated heterocycles. The Kier molecular flexibility index (Phi) is 11.7. The largest absolute Gasteiger partial charge is 0.466 e. The molecule has 2 aliphatic rings. The molecule has 2 N–H and O–H groups in total. The van der Waals surface area contributed by atoms with E-state index in [-0.39, 0.29) is 61.8 Å². The van der Waals surface area contributed by atoms with Crippen LogP contribution < -0.4 is 5.32 Å². The van der Waals surface area contributed by atoms with Crippen molar-refractivity contribution in [1.29, 1.82) is 0 Å². The van der Waals surface area contributed by atoms with Gasteiger partial charge in [0.05, 0.1) is 54.4 Å². The summed E-state index contributed by atoms with van der Waals surface area (Å²) in [6.45, 7) is 8.02. The number of aliphatic hydroxyl groups is 1. The van der Waals surface area contributed by atoms with E-state index in [9.17, 15) is 23.1 Å². The van der Waals surface area contributed by atoms with E-state index in [1.54, 1.807) is 13.8 Å². The van der Waals surface area contributed by atoms with Gasteiger partial charge < -0.3 is 33.9 Å². The van der Waals surface area contributed by atoms with Gasteiger partial charge in [0.2, 0.25) is 10.0 Å². The van der Waals surface area contributed by atoms with Gasteiger partial charge in [-0.15, -0.1) is 0 Å². The van der Waals surface area contributed by atoms with Gasteiger partial charge in [-0.3, -0.25) is 4.79 Å². The molecule has 13 nitrogen and oxygen atoms in total. The van der Waals surface area contributed by atoms with Crippen LogP contribution in [0, 0.1) is 17.8 Å². The summed E-state index contributed by atoms with van der Waals surface area (Å²) in [5.41, 5.74) is 1.66. The molecule has 1 aromatic heterocycles. The minimum atomic E-state index is -4.16. The fraction of sp³-hybridized carbons (Fsp3) is 0.559. The number of alkyl carbamates (subject to hydrolysis) is 1. The first-order valence-corrected chi connectivity index (χ1v) is 17.9. The molecule has 0 spiro atoms. The molecule has 14 heteroatoms. The Hall–Kier alpha value is -3.56. The molecular weight excluding hydrogens is 642 g/mol. The van der Waals surface area contributed by atoms with Crippen molar-refractivity contribution < 1.29 is 46.6 Å². The number of amides is 1. The van der Waals surface area contributed by atoms with E-state index in [0.29, 0.717) is 29.7 Å². The van der Waals surface area contributed by atoms with Crippen LogP contribution in [0.25, 0.3) is 11.0 Å². The fourth-order valence-corrected chi connectivity index (χ4v) is 7.77. The van der Waals surface area contributed by atoms with Crippen LogP contribution >= 0.6 is 0 Å². The third kappa shape index (κ3) is 8.53. The number of carbonyl (C=O) groups is 2. The van der Waals surface area contributed by atoms with Crippen molar-refractivity contribution in [1.82, 2.24) is 14.8 Å². The van der Waals surface area contributed by atoms with E-state index < -0.39 is 46.6 Å². The fourth-order valence-electron chi connectivity index (χ4n) is 6.12. The molecule has 262 valence electrons. The summed E-state index contributed by atoms with van der Waals surface area (Å²) in [6, 6.07) is 12.9. The van der Waals surface area contributed by atoms with Crippen LogP contribution in [0.1, 0.15) is 45.4 Å². The normalized spacial score (nSPS) is 21.3. The summed E-state index contributed by atoms with van der Waals surface area (Å²) in [5.74, 6) is -1.04. The van der Waals surface area contributed by atoms with E-state index in [0.717, 1.165) is 5.56 Å². The van der Waals surface area contributed by atoms with E-state index in [1.165, 1.54) is 22.5 Å². The number of aromatic nitrogens is 1. The molecule has 1 unspecified atom stereocenters. The lowest BCUT2D eigenvalue weighted by Gasteiger charge is -2.31. The molecule has 2 fully saturated rings. The van der Waals surface area contributed by atoms with Crippen LogP contribution in [0.4, 0.5) is 4.79 Å². The van der Waals surface area contributed by atoms with Crippen LogP contribution in [0.2, 0.25) is 0 Å². The molecule has 0 aliphatic carbocycles. The minimum Gasteiger partial charge on any atom is -0.466 e. The molecule has 0 saturated carbocycles. The summed E-state index contributed by atoms with van der Waals surface area (Å²) in [5, 5.41) is 19.0. The average Bonchev–Trinajstić information content (AvgIpc) is 3.78. The maximum atomic E-state index is 14.2. The number of ether oxygens (including phenoxy) is 4. The lowest BCUT2D eigenvalue weighted by molar-refractivity contribution is -0.147. The van der Waals surface area contributed by atoms with Crippen molar-refractivity contribution in [3.05, 3.63) is 59.8 Å². The van der Waals surface area contributed by atoms with Crippen LogP contribution in [0.5, 0.6) is 0 Å². The molecule has 6 atom stereocenters. The topological polar surface area (TPSA) is 167 Å². The van der Waals surface area contributed by atoms with Gasteiger partial charge in [-0.05, 0) is 49.4 Å². The van der Waals surface area contributed by atoms with Crippen molar-refractivity contribution >= 4 is 33.1 Å². The van der Waals surface area contributed by atoms with Crippen molar-refractivity contribution in [3.63, 3.8) is 0 Å². The van der Waals surface area contributed by atoms with Crippen LogP contribution in [0.15, 0.2) is 57.9 Å². The van der Waals surface area contributed by atoms with Gasteiger partial charge >= 0.3 is 12.1 Å². The van der Waals surface area contributed by atoms with E-state index in [4.69, 9.17) is 23.5 Å². The molecule has 3 heterocycles. The number of nitrogens with zero attached hydrogens (tertiary/aromatic N) is 2. The standard InChI is InChI=1S/C34H45N3O10S/c1-5-43-32(39)22(4)15-27-26-17-24(11-12-30(26)47-36-27)48(41,42)37(18-21(2)3)19-29(38)28(16-23-9-7-6-8-10-23)35-34(40)46-31-20-45-33-25(31)13-14-44-33/h6-12,17,21-22,25,28-29,31,33,38H,5,13-16,18-20H2,1-4H3,(H,35,40)/t22?,25-,28-,29+,31-,33+/m0/s1. The lowest BCUT2D eigenvalue weighted by Crippen LogP contribution is -2.51. The van der Waals surface area contributed by atoms with Gasteiger partial charge in [0.1, 0.15) is 6.10 Å². The van der Waals surface area contributed by atoms with Crippen molar-refractivity contribution in [3.8, 4) is 0 Å². The van der Waals surface area contributed by atoms with Crippen LogP contribution in [-0.2, 0) is 46.6 Å². The van der Waals surface area contributed by atoms with Crippen LogP contribution in [-0.4, -0.2) is 92.5 Å². The monoisotopic (exact) mass is 687 g/mol. The van der Waals surface area contributed by atoms with Gasteiger partial charge in [-0.1, -0.05) is 56.3 Å². The highest BCUT2D eigenvalue weighted by Crippen LogP contribution is 2.33. The number of hydrogen-bond acceptors (Lipinski definition) is 11. The molecule has 48 heavy (non-hydrogen) atoms. The second-order valence-corrected chi connectivity index (χ2v) is 14.8. The zero-order valence-corrected chi connectivity index (χ0v) is 28.6. The van der Waals surface area contributed by atoms with Gasteiger partial charge in [-0.2, -0.15) is 4.31 Å². The first-order valence-electron chi connectivity index (χ1n) is 16.4. The van der Waals surface area contributed by atoms with E-state index in [1.807, 2.05) is 44.2 Å². The molecule has 1 amide bonds. The van der Waals surface area contributed by atoms with Gasteiger partial charge in [0.25, 0.3) is 0 Å². The summed E-state index contributed by atoms with van der Waals surface area (Å²) in [6.07, 6.45) is -1.75. The van der Waals surface area contributed by atoms with Crippen molar-refractivity contribution in [2.24, 2.45) is 17.8 Å². The van der Waals surface area contributed by atoms with Crippen molar-refractivity contribution in [2.75, 3.05) is 32.9 Å². The number of hydrogen-bond donors (Lipinski definition) is 2. The highest BCUT2D eigenvalue weighted by molar-refractivity contribution is 7.89. The molecule has 2 aliphatic heterocycles. The average molecular weight is 688 g/mol. The Morgan fingerprint density at radius 2 is 1.85 bits per heavy atom. The van der Waals surface area contributed by atoms with Crippen molar-refractivity contribution in [2.45, 2.75) is 76.4 Å². The second kappa shape index (κ2) is 15.8. The van der Waals surface area contributed by atoms with Crippen LogP contribution in [0.3, 0.4) is 0 Å². The maximum Gasteiger partial charge on any atom is 0.407 e. The maximum absolute atomic E-state index is 14.2. The first-order chi connectivity index (χ1) is 23.0. The summed E-state index contributed by atoms with van der Waals surface area (Å²) in [4.78, 5) is 25.4. The summed E-state index contributed by atoms with van der Waals surface area (Å²) in [7, 11) is -4.16. The second-order valence-electron chi connectivity index (χ2n) is 12.8. The summed E-state index contributed by atoms with van der Waals surface area (Å²) < 4.78 is 57.0. The number of benzene rings is 2. The molecule has 0 radical (unpaired) electrons. The quantitative estimate of drug-likeness (QED) is 0.224. The number of nitrogens with one attached hydrogen (secondary N) is 1. The number of esters is 1. The van der Waals surface area contributed by atoms with Gasteiger partial charge in [0, 0.05) is 24.9 Å². The Morgan fingerprint density at radius 3 is 2.58 bits per heavy atom. The third-order valence-corrected chi connectivity index (χ3v) is 10.4. The molecule has 5 rings (SSSR count). The Bertz CT molecular complexity index is 1650. The van der Waals surface area contributed by atoms with Gasteiger partial charge in [-0.25, -0.2) is 13.2 Å². The third-order valence-electron chi connectivity index (χ3n) is 8.61. The lowest BCUT2D eigenvalue weighted by atomic mass is 10.0. The van der Waals surface area contributed by atoms with E-state index >= 15 is 0 Å². The highest BCUT2D eigenvalue weighted by atomic mass is 32.2. The molecular formula is C34H45N3O10S. The Morgan fingerprint density at radius 1 is 1.08 bits per heavy atom. The predicted molar refractivity (Wildman–Crippen MR) is 174 cm³/mol. The first kappa shape index (κ1) is 35.7. The number of rotatable bonds is 15. The zero-order valence-electron chi connectivity index (χ0n) is 27.7. The predicted octanol–water partition coefficient (Wildman–Crippen LogP) is 3.68. The number of sulfonamides is 1.